The zero-order valence-corrected chi connectivity index (χ0v) is 11.7. The summed E-state index contributed by atoms with van der Waals surface area (Å²) in [5, 5.41) is 0. The van der Waals surface area contributed by atoms with Gasteiger partial charge in [0.05, 0.1) is 13.0 Å². The number of carbonyl (C=O) groups excluding carboxylic acids is 1. The fraction of sp³-hybridized carbons (Fsp3) is 0.562. The van der Waals surface area contributed by atoms with Crippen LogP contribution in [0.15, 0.2) is 30.3 Å². The second kappa shape index (κ2) is 7.91. The molecule has 2 heteroatoms. The van der Waals surface area contributed by atoms with Gasteiger partial charge in [-0.1, -0.05) is 42.8 Å². The first-order valence-corrected chi connectivity index (χ1v) is 6.73. The maximum atomic E-state index is 11.1. The van der Waals surface area contributed by atoms with Gasteiger partial charge in [0.2, 0.25) is 0 Å². The predicted octanol–water partition coefficient (Wildman–Crippen LogP) is 3.98. The van der Waals surface area contributed by atoms with E-state index in [2.05, 4.69) is 30.7 Å². The van der Waals surface area contributed by atoms with Crippen molar-refractivity contribution in [3.8, 4) is 0 Å². The average Bonchev–Trinajstić information content (AvgIpc) is 2.40. The number of ether oxygens (including phenoxy) is 1. The minimum atomic E-state index is -0.0168. The molecule has 0 saturated heterocycles. The van der Waals surface area contributed by atoms with Crippen molar-refractivity contribution in [2.45, 2.75) is 39.5 Å². The molecular weight excluding hydrogens is 224 g/mol. The lowest BCUT2D eigenvalue weighted by molar-refractivity contribution is -0.146. The highest BCUT2D eigenvalue weighted by Crippen LogP contribution is 2.28. The fourth-order valence-corrected chi connectivity index (χ4v) is 2.20. The first-order chi connectivity index (χ1) is 8.63. The van der Waals surface area contributed by atoms with Gasteiger partial charge in [-0.2, -0.15) is 0 Å². The number of hydrogen-bond donors (Lipinski definition) is 0. The monoisotopic (exact) mass is 248 g/mol. The summed E-state index contributed by atoms with van der Waals surface area (Å²) in [4.78, 5) is 11.1. The van der Waals surface area contributed by atoms with Crippen molar-refractivity contribution >= 4 is 5.97 Å². The van der Waals surface area contributed by atoms with Crippen molar-refractivity contribution in [2.75, 3.05) is 7.11 Å². The summed E-state index contributed by atoms with van der Waals surface area (Å²) in [6, 6.07) is 10.3. The second-order valence-corrected chi connectivity index (χ2v) is 5.13. The maximum absolute atomic E-state index is 11.1. The molecule has 2 rings (SSSR count). The number of methoxy groups -OCH3 is 1. The molecule has 0 unspecified atom stereocenters. The van der Waals surface area contributed by atoms with Crippen LogP contribution in [0.1, 0.15) is 38.2 Å². The lowest BCUT2D eigenvalue weighted by atomic mass is 9.83. The quantitative estimate of drug-likeness (QED) is 0.703. The molecule has 2 nitrogen and oxygen atoms in total. The summed E-state index contributed by atoms with van der Waals surface area (Å²) >= 11 is 0. The van der Waals surface area contributed by atoms with E-state index in [0.29, 0.717) is 0 Å². The van der Waals surface area contributed by atoms with Gasteiger partial charge in [0.15, 0.2) is 0 Å². The molecule has 0 N–H and O–H groups in total. The van der Waals surface area contributed by atoms with Gasteiger partial charge in [-0.05, 0) is 38.5 Å². The Morgan fingerprint density at radius 3 is 2.06 bits per heavy atom. The molecule has 0 amide bonds. The van der Waals surface area contributed by atoms with Gasteiger partial charge in [0.25, 0.3) is 0 Å². The van der Waals surface area contributed by atoms with Gasteiger partial charge in [0, 0.05) is 0 Å². The van der Waals surface area contributed by atoms with Gasteiger partial charge >= 0.3 is 5.97 Å². The fourth-order valence-electron chi connectivity index (χ4n) is 2.20. The van der Waals surface area contributed by atoms with E-state index < -0.39 is 0 Å². The summed E-state index contributed by atoms with van der Waals surface area (Å²) in [5.74, 6) is 0.976. The highest BCUT2D eigenvalue weighted by atomic mass is 16.5. The standard InChI is InChI=1S/C9H16O2.C7H8/c1-7-3-5-8(6-4-7)9(10)11-2;1-7-5-3-2-4-6-7/h7-8H,3-6H2,1-2H3;2-6H,1H3. The zero-order valence-electron chi connectivity index (χ0n) is 11.7. The molecular formula is C16H24O2. The lowest BCUT2D eigenvalue weighted by Crippen LogP contribution is -2.21. The number of rotatable bonds is 1. The van der Waals surface area contributed by atoms with E-state index >= 15 is 0 Å². The van der Waals surface area contributed by atoms with Crippen LogP contribution in [0.2, 0.25) is 0 Å². The largest absolute Gasteiger partial charge is 0.469 e. The smallest absolute Gasteiger partial charge is 0.308 e. The lowest BCUT2D eigenvalue weighted by Gasteiger charge is -2.23. The number of esters is 1. The van der Waals surface area contributed by atoms with E-state index in [1.807, 2.05) is 18.2 Å². The Morgan fingerprint density at radius 1 is 1.11 bits per heavy atom. The van der Waals surface area contributed by atoms with E-state index in [0.717, 1.165) is 18.8 Å². The zero-order chi connectivity index (χ0) is 13.4. The summed E-state index contributed by atoms with van der Waals surface area (Å²) in [6.07, 6.45) is 4.40. The molecule has 0 radical (unpaired) electrons. The molecule has 1 aliphatic carbocycles. The van der Waals surface area contributed by atoms with E-state index in [1.54, 1.807) is 0 Å². The molecule has 100 valence electrons. The number of aryl methyl sites for hydroxylation is 1. The normalized spacial score (nSPS) is 22.6. The summed E-state index contributed by atoms with van der Waals surface area (Å²) in [7, 11) is 1.47. The van der Waals surface area contributed by atoms with Crippen molar-refractivity contribution < 1.29 is 9.53 Å². The van der Waals surface area contributed by atoms with Crippen LogP contribution in [0, 0.1) is 18.8 Å². The van der Waals surface area contributed by atoms with E-state index in [9.17, 15) is 4.79 Å². The van der Waals surface area contributed by atoms with Gasteiger partial charge in [-0.25, -0.2) is 0 Å². The number of hydrogen-bond acceptors (Lipinski definition) is 2. The van der Waals surface area contributed by atoms with Crippen LogP contribution in [-0.4, -0.2) is 13.1 Å². The molecule has 1 saturated carbocycles. The van der Waals surface area contributed by atoms with Crippen molar-refractivity contribution in [1.82, 2.24) is 0 Å². The molecule has 0 heterocycles. The molecule has 0 aromatic heterocycles. The highest BCUT2D eigenvalue weighted by molar-refractivity contribution is 5.72. The van der Waals surface area contributed by atoms with Gasteiger partial charge in [-0.3, -0.25) is 4.79 Å². The Bertz CT molecular complexity index is 337. The first kappa shape index (κ1) is 14.7. The third-order valence-electron chi connectivity index (χ3n) is 3.49. The second-order valence-electron chi connectivity index (χ2n) is 5.13. The number of benzene rings is 1. The summed E-state index contributed by atoms with van der Waals surface area (Å²) in [6.45, 7) is 4.33. The molecule has 0 aliphatic heterocycles. The van der Waals surface area contributed by atoms with Crippen LogP contribution in [0.25, 0.3) is 0 Å². The van der Waals surface area contributed by atoms with Gasteiger partial charge in [0.1, 0.15) is 0 Å². The molecule has 0 bridgehead atoms. The molecule has 18 heavy (non-hydrogen) atoms. The molecule has 1 aromatic carbocycles. The topological polar surface area (TPSA) is 26.3 Å². The molecule has 1 aromatic rings. The minimum absolute atomic E-state index is 0.0168. The first-order valence-electron chi connectivity index (χ1n) is 6.73. The summed E-state index contributed by atoms with van der Waals surface area (Å²) in [5.41, 5.74) is 1.32. The van der Waals surface area contributed by atoms with Gasteiger partial charge in [-0.15, -0.1) is 0 Å². The van der Waals surface area contributed by atoms with Crippen LogP contribution in [0.4, 0.5) is 0 Å². The molecule has 1 fully saturated rings. The van der Waals surface area contributed by atoms with Crippen LogP contribution in [-0.2, 0) is 9.53 Å². The Balaban J connectivity index is 0.000000199. The SMILES string of the molecule is COC(=O)C1CCC(C)CC1.Cc1ccccc1. The van der Waals surface area contributed by atoms with Crippen molar-refractivity contribution in [3.63, 3.8) is 0 Å². The Hall–Kier alpha value is -1.31. The summed E-state index contributed by atoms with van der Waals surface area (Å²) < 4.78 is 4.69. The van der Waals surface area contributed by atoms with Crippen molar-refractivity contribution in [1.29, 1.82) is 0 Å². The van der Waals surface area contributed by atoms with Crippen molar-refractivity contribution in [3.05, 3.63) is 35.9 Å². The predicted molar refractivity (Wildman–Crippen MR) is 74.3 cm³/mol. The van der Waals surface area contributed by atoms with E-state index in [-0.39, 0.29) is 11.9 Å². The van der Waals surface area contributed by atoms with Crippen molar-refractivity contribution in [2.24, 2.45) is 11.8 Å². The molecule has 1 aliphatic rings. The number of carbonyl (C=O) groups is 1. The van der Waals surface area contributed by atoms with Gasteiger partial charge < -0.3 is 4.74 Å². The van der Waals surface area contributed by atoms with E-state index in [1.165, 1.54) is 25.5 Å². The third-order valence-corrected chi connectivity index (χ3v) is 3.49. The van der Waals surface area contributed by atoms with E-state index in [4.69, 9.17) is 0 Å². The Kier molecular flexibility index (Phi) is 6.48. The van der Waals surface area contributed by atoms with Crippen LogP contribution in [0.3, 0.4) is 0 Å². The maximum Gasteiger partial charge on any atom is 0.308 e. The molecule has 0 atom stereocenters. The highest BCUT2D eigenvalue weighted by Gasteiger charge is 2.24. The third kappa shape index (κ3) is 5.35. The van der Waals surface area contributed by atoms with Crippen LogP contribution in [0.5, 0.6) is 0 Å². The minimum Gasteiger partial charge on any atom is -0.469 e. The van der Waals surface area contributed by atoms with Crippen LogP contribution >= 0.6 is 0 Å². The van der Waals surface area contributed by atoms with Crippen LogP contribution < -0.4 is 0 Å². The molecule has 0 spiro atoms. The Morgan fingerprint density at radius 2 is 1.67 bits per heavy atom. The average molecular weight is 248 g/mol. The Labute approximate surface area is 110 Å².